The molecule has 0 spiro atoms. The number of aliphatic imine (C=N–C) groups is 1. The smallest absolute Gasteiger partial charge is 0.252 e. The summed E-state index contributed by atoms with van der Waals surface area (Å²) in [6, 6.07) is 26.9. The van der Waals surface area contributed by atoms with E-state index >= 15 is 0 Å². The summed E-state index contributed by atoms with van der Waals surface area (Å²) in [4.78, 5) is 33.5. The molecule has 36 heavy (non-hydrogen) atoms. The summed E-state index contributed by atoms with van der Waals surface area (Å²) in [5.41, 5.74) is 5.37. The quantitative estimate of drug-likeness (QED) is 0.429. The zero-order valence-corrected chi connectivity index (χ0v) is 21.0. The van der Waals surface area contributed by atoms with E-state index < -0.39 is 6.04 Å². The zero-order chi connectivity index (χ0) is 25.3. The van der Waals surface area contributed by atoms with Crippen LogP contribution in [0.25, 0.3) is 5.57 Å². The minimum absolute atomic E-state index is 0.0519. The van der Waals surface area contributed by atoms with E-state index in [1.54, 1.807) is 6.07 Å². The Morgan fingerprint density at radius 1 is 0.917 bits per heavy atom. The molecule has 3 aromatic rings. The Labute approximate surface area is 213 Å². The molecule has 0 aliphatic carbocycles. The maximum atomic E-state index is 13.5. The molecular weight excluding hydrogens is 446 g/mol. The highest BCUT2D eigenvalue weighted by molar-refractivity contribution is 6.19. The number of carbonyl (C=O) groups excluding carboxylic acids is 2. The third-order valence-corrected chi connectivity index (χ3v) is 6.33. The number of amides is 1. The minimum Gasteiger partial charge on any atom is -0.342 e. The van der Waals surface area contributed by atoms with Crippen LogP contribution in [0, 0.1) is 0 Å². The fraction of sp³-hybridized carbons (Fsp3) is 0.258. The summed E-state index contributed by atoms with van der Waals surface area (Å²) in [5, 5.41) is 3.05. The molecule has 1 amide bonds. The normalized spacial score (nSPS) is 13.8. The van der Waals surface area contributed by atoms with Crippen molar-refractivity contribution in [3.05, 3.63) is 113 Å². The zero-order valence-electron chi connectivity index (χ0n) is 21.0. The van der Waals surface area contributed by atoms with E-state index in [0.29, 0.717) is 24.9 Å². The molecule has 0 saturated heterocycles. The first-order valence-electron chi connectivity index (χ1n) is 12.4. The van der Waals surface area contributed by atoms with Crippen molar-refractivity contribution in [2.45, 2.75) is 25.3 Å². The first-order chi connectivity index (χ1) is 17.5. The third-order valence-electron chi connectivity index (χ3n) is 6.33. The summed E-state index contributed by atoms with van der Waals surface area (Å²) in [7, 11) is 3.99. The molecule has 1 atom stereocenters. The minimum atomic E-state index is -0.587. The van der Waals surface area contributed by atoms with Crippen molar-refractivity contribution >= 4 is 23.0 Å². The van der Waals surface area contributed by atoms with Crippen molar-refractivity contribution < 1.29 is 9.59 Å². The van der Waals surface area contributed by atoms with Gasteiger partial charge < -0.3 is 10.2 Å². The lowest BCUT2D eigenvalue weighted by atomic mass is 9.97. The van der Waals surface area contributed by atoms with Crippen LogP contribution in [-0.4, -0.2) is 55.5 Å². The Morgan fingerprint density at radius 2 is 1.58 bits per heavy atom. The Balaban J connectivity index is 1.54. The van der Waals surface area contributed by atoms with Gasteiger partial charge in [-0.3, -0.25) is 14.6 Å². The van der Waals surface area contributed by atoms with Crippen molar-refractivity contribution in [1.82, 2.24) is 10.2 Å². The first kappa shape index (κ1) is 25.3. The maximum absolute atomic E-state index is 13.5. The number of rotatable bonds is 11. The molecule has 0 saturated carbocycles. The molecule has 1 heterocycles. The molecule has 3 aromatic carbocycles. The highest BCUT2D eigenvalue weighted by Crippen LogP contribution is 2.23. The van der Waals surface area contributed by atoms with E-state index in [2.05, 4.69) is 28.4 Å². The molecule has 4 rings (SSSR count). The van der Waals surface area contributed by atoms with Crippen molar-refractivity contribution in [3.8, 4) is 0 Å². The lowest BCUT2D eigenvalue weighted by Crippen LogP contribution is -2.43. The number of Topliss-reactive ketones (excluding diaryl/α,β-unsaturated/α-hetero) is 1. The number of hydrogen-bond donors (Lipinski definition) is 1. The second kappa shape index (κ2) is 12.2. The highest BCUT2D eigenvalue weighted by Gasteiger charge is 2.24. The molecule has 184 valence electrons. The standard InChI is InChI=1S/C31H33N3O2/c1-34(2)19-11-18-30(35)29(20-23-12-5-3-6-13-23)33-31(36)27-17-10-9-16-26(27)28-21-25(22-32-28)24-14-7-4-8-15-24/h3-10,12-17,21,29H,11,18-20,22H2,1-2H3,(H,33,36)/t29-/m0/s1. The lowest BCUT2D eigenvalue weighted by Gasteiger charge is -2.19. The van der Waals surface area contributed by atoms with E-state index in [1.165, 1.54) is 0 Å². The molecule has 1 N–H and O–H groups in total. The Bertz CT molecular complexity index is 1250. The van der Waals surface area contributed by atoms with Crippen LogP contribution >= 0.6 is 0 Å². The fourth-order valence-corrected chi connectivity index (χ4v) is 4.40. The Morgan fingerprint density at radius 3 is 2.31 bits per heavy atom. The Hall–Kier alpha value is -3.83. The third kappa shape index (κ3) is 6.64. The van der Waals surface area contributed by atoms with Gasteiger partial charge in [0.25, 0.3) is 5.91 Å². The fourth-order valence-electron chi connectivity index (χ4n) is 4.40. The van der Waals surface area contributed by atoms with E-state index in [4.69, 9.17) is 4.99 Å². The van der Waals surface area contributed by atoms with Crippen LogP contribution in [0.15, 0.2) is 96.0 Å². The number of allylic oxidation sites excluding steroid dienone is 1. The van der Waals surface area contributed by atoms with E-state index in [-0.39, 0.29) is 11.7 Å². The van der Waals surface area contributed by atoms with Crippen LogP contribution in [0.3, 0.4) is 0 Å². The summed E-state index contributed by atoms with van der Waals surface area (Å²) in [6.07, 6.45) is 3.70. The van der Waals surface area contributed by atoms with Gasteiger partial charge in [-0.1, -0.05) is 78.9 Å². The topological polar surface area (TPSA) is 61.8 Å². The second-order valence-electron chi connectivity index (χ2n) is 9.37. The van der Waals surface area contributed by atoms with E-state index in [1.807, 2.05) is 80.8 Å². The molecule has 0 aromatic heterocycles. The molecule has 0 bridgehead atoms. The molecule has 0 radical (unpaired) electrons. The monoisotopic (exact) mass is 479 g/mol. The van der Waals surface area contributed by atoms with Gasteiger partial charge in [0, 0.05) is 17.5 Å². The van der Waals surface area contributed by atoms with Crippen LogP contribution in [0.5, 0.6) is 0 Å². The van der Waals surface area contributed by atoms with E-state index in [0.717, 1.165) is 40.9 Å². The number of hydrogen-bond acceptors (Lipinski definition) is 4. The number of benzene rings is 3. The van der Waals surface area contributed by atoms with Gasteiger partial charge in [-0.2, -0.15) is 0 Å². The summed E-state index contributed by atoms with van der Waals surface area (Å²) in [5.74, 6) is -0.201. The summed E-state index contributed by atoms with van der Waals surface area (Å²) < 4.78 is 0. The molecule has 5 nitrogen and oxygen atoms in total. The summed E-state index contributed by atoms with van der Waals surface area (Å²) >= 11 is 0. The van der Waals surface area contributed by atoms with Gasteiger partial charge in [0.1, 0.15) is 0 Å². The van der Waals surface area contributed by atoms with Crippen LogP contribution < -0.4 is 5.32 Å². The van der Waals surface area contributed by atoms with Crippen LogP contribution in [0.4, 0.5) is 0 Å². The van der Waals surface area contributed by atoms with Gasteiger partial charge in [0.15, 0.2) is 5.78 Å². The van der Waals surface area contributed by atoms with E-state index in [9.17, 15) is 9.59 Å². The number of carbonyl (C=O) groups is 2. The lowest BCUT2D eigenvalue weighted by molar-refractivity contribution is -0.121. The molecule has 0 unspecified atom stereocenters. The van der Waals surface area contributed by atoms with Gasteiger partial charge in [-0.15, -0.1) is 0 Å². The second-order valence-corrected chi connectivity index (χ2v) is 9.37. The van der Waals surface area contributed by atoms with Crippen molar-refractivity contribution in [1.29, 1.82) is 0 Å². The van der Waals surface area contributed by atoms with Crippen LogP contribution in [0.2, 0.25) is 0 Å². The molecule has 0 fully saturated rings. The van der Waals surface area contributed by atoms with Crippen molar-refractivity contribution in [3.63, 3.8) is 0 Å². The van der Waals surface area contributed by atoms with Gasteiger partial charge in [-0.05, 0) is 62.3 Å². The predicted octanol–water partition coefficient (Wildman–Crippen LogP) is 4.82. The number of ketones is 1. The SMILES string of the molecule is CN(C)CCCC(=O)[C@H](Cc1ccccc1)NC(=O)c1ccccc1C1=NCC(c2ccccc2)=C1. The van der Waals surface area contributed by atoms with Crippen LogP contribution in [0.1, 0.15) is 39.9 Å². The van der Waals surface area contributed by atoms with Crippen molar-refractivity contribution in [2.24, 2.45) is 4.99 Å². The molecule has 1 aliphatic heterocycles. The van der Waals surface area contributed by atoms with Gasteiger partial charge in [0.05, 0.1) is 18.3 Å². The predicted molar refractivity (Wildman–Crippen MR) is 146 cm³/mol. The average molecular weight is 480 g/mol. The summed E-state index contributed by atoms with van der Waals surface area (Å²) in [6.45, 7) is 1.41. The van der Waals surface area contributed by atoms with Gasteiger partial charge in [-0.25, -0.2) is 0 Å². The number of nitrogens with zero attached hydrogens (tertiary/aromatic N) is 2. The first-order valence-corrected chi connectivity index (χ1v) is 12.4. The average Bonchev–Trinajstić information content (AvgIpc) is 3.39. The number of nitrogens with one attached hydrogen (secondary N) is 1. The molecule has 1 aliphatic rings. The van der Waals surface area contributed by atoms with Crippen molar-refractivity contribution in [2.75, 3.05) is 27.2 Å². The van der Waals surface area contributed by atoms with Crippen LogP contribution in [-0.2, 0) is 11.2 Å². The van der Waals surface area contributed by atoms with Gasteiger partial charge in [0.2, 0.25) is 0 Å². The Kier molecular flexibility index (Phi) is 8.58. The molecule has 5 heteroatoms. The molecular formula is C31H33N3O2. The van der Waals surface area contributed by atoms with Gasteiger partial charge >= 0.3 is 0 Å². The highest BCUT2D eigenvalue weighted by atomic mass is 16.2. The maximum Gasteiger partial charge on any atom is 0.252 e. The largest absolute Gasteiger partial charge is 0.342 e.